The van der Waals surface area contributed by atoms with Gasteiger partial charge >= 0.3 is 0 Å². The molecule has 0 saturated heterocycles. The summed E-state index contributed by atoms with van der Waals surface area (Å²) >= 11 is 0. The van der Waals surface area contributed by atoms with Crippen molar-refractivity contribution in [3.63, 3.8) is 0 Å². The summed E-state index contributed by atoms with van der Waals surface area (Å²) in [7, 11) is 1.76. The lowest BCUT2D eigenvalue weighted by Crippen LogP contribution is -2.26. The topological polar surface area (TPSA) is 29.5 Å². The fourth-order valence-electron chi connectivity index (χ4n) is 2.95. The quantitative estimate of drug-likeness (QED) is 0.868. The number of aliphatic hydroxyl groups is 1. The van der Waals surface area contributed by atoms with Crippen LogP contribution in [-0.2, 0) is 4.74 Å². The van der Waals surface area contributed by atoms with E-state index in [-0.39, 0.29) is 6.10 Å². The van der Waals surface area contributed by atoms with Crippen molar-refractivity contribution in [3.8, 4) is 0 Å². The minimum atomic E-state index is -0.114. The molecule has 1 aliphatic rings. The number of aliphatic hydroxyl groups excluding tert-OH is 1. The van der Waals surface area contributed by atoms with Gasteiger partial charge in [0, 0.05) is 13.0 Å². The lowest BCUT2D eigenvalue weighted by molar-refractivity contribution is 0.0720. The Labute approximate surface area is 104 Å². The van der Waals surface area contributed by atoms with E-state index < -0.39 is 0 Å². The first-order valence-corrected chi connectivity index (χ1v) is 6.53. The molecule has 1 aromatic carbocycles. The van der Waals surface area contributed by atoms with E-state index in [2.05, 4.69) is 24.3 Å². The summed E-state index contributed by atoms with van der Waals surface area (Å²) < 4.78 is 5.37. The maximum absolute atomic E-state index is 9.80. The molecule has 0 aromatic heterocycles. The molecular weight excluding hydrogens is 212 g/mol. The van der Waals surface area contributed by atoms with Crippen LogP contribution in [0.5, 0.6) is 0 Å². The first kappa shape index (κ1) is 12.6. The largest absolute Gasteiger partial charge is 0.393 e. The van der Waals surface area contributed by atoms with Crippen LogP contribution < -0.4 is 0 Å². The van der Waals surface area contributed by atoms with Crippen molar-refractivity contribution in [2.24, 2.45) is 5.92 Å². The maximum atomic E-state index is 9.80. The molecule has 1 saturated carbocycles. The molecule has 3 atom stereocenters. The average molecular weight is 234 g/mol. The van der Waals surface area contributed by atoms with Crippen molar-refractivity contribution in [1.82, 2.24) is 0 Å². The number of hydrogen-bond acceptors (Lipinski definition) is 2. The summed E-state index contributed by atoms with van der Waals surface area (Å²) in [5.41, 5.74) is 1.34. The second kappa shape index (κ2) is 6.18. The van der Waals surface area contributed by atoms with Gasteiger partial charge < -0.3 is 9.84 Å². The van der Waals surface area contributed by atoms with Gasteiger partial charge in [-0.15, -0.1) is 0 Å². The minimum absolute atomic E-state index is 0.114. The van der Waals surface area contributed by atoms with E-state index in [9.17, 15) is 5.11 Å². The second-order valence-corrected chi connectivity index (χ2v) is 5.05. The van der Waals surface area contributed by atoms with Crippen molar-refractivity contribution in [2.75, 3.05) is 13.7 Å². The van der Waals surface area contributed by atoms with Crippen LogP contribution in [0.2, 0.25) is 0 Å². The van der Waals surface area contributed by atoms with Gasteiger partial charge in [0.2, 0.25) is 0 Å². The van der Waals surface area contributed by atoms with Crippen molar-refractivity contribution in [3.05, 3.63) is 35.9 Å². The van der Waals surface area contributed by atoms with Gasteiger partial charge in [0.1, 0.15) is 0 Å². The Bertz CT molecular complexity index is 323. The molecule has 1 N–H and O–H groups in total. The zero-order valence-corrected chi connectivity index (χ0v) is 10.5. The van der Waals surface area contributed by atoms with Gasteiger partial charge in [-0.3, -0.25) is 0 Å². The van der Waals surface area contributed by atoms with Gasteiger partial charge in [-0.1, -0.05) is 36.8 Å². The van der Waals surface area contributed by atoms with Gasteiger partial charge in [-0.25, -0.2) is 0 Å². The Morgan fingerprint density at radius 1 is 1.29 bits per heavy atom. The van der Waals surface area contributed by atoms with Crippen LogP contribution in [0.15, 0.2) is 30.3 Å². The number of hydrogen-bond donors (Lipinski definition) is 1. The highest BCUT2D eigenvalue weighted by Gasteiger charge is 2.28. The summed E-state index contributed by atoms with van der Waals surface area (Å²) in [4.78, 5) is 0. The highest BCUT2D eigenvalue weighted by Crippen LogP contribution is 2.36. The standard InChI is InChI=1S/C15H22O2/c1-17-11-15(12-6-3-2-4-7-12)13-8-5-9-14(16)10-13/h2-4,6-7,13-16H,5,8-11H2,1H3/t13-,14+,15-/m1/s1. The van der Waals surface area contributed by atoms with Crippen LogP contribution in [0.3, 0.4) is 0 Å². The Kier molecular flexibility index (Phi) is 4.57. The zero-order chi connectivity index (χ0) is 12.1. The van der Waals surface area contributed by atoms with Crippen molar-refractivity contribution in [2.45, 2.75) is 37.7 Å². The first-order chi connectivity index (χ1) is 8.31. The molecule has 1 aromatic rings. The van der Waals surface area contributed by atoms with E-state index in [0.717, 1.165) is 25.9 Å². The summed E-state index contributed by atoms with van der Waals surface area (Å²) in [6.07, 6.45) is 4.11. The number of ether oxygens (including phenoxy) is 1. The second-order valence-electron chi connectivity index (χ2n) is 5.05. The normalized spacial score (nSPS) is 26.7. The lowest BCUT2D eigenvalue weighted by Gasteiger charge is -2.32. The molecule has 0 heterocycles. The summed E-state index contributed by atoms with van der Waals surface area (Å²) in [6.45, 7) is 0.751. The Morgan fingerprint density at radius 3 is 2.71 bits per heavy atom. The monoisotopic (exact) mass is 234 g/mol. The molecule has 0 radical (unpaired) electrons. The Morgan fingerprint density at radius 2 is 2.06 bits per heavy atom. The van der Waals surface area contributed by atoms with E-state index in [1.807, 2.05) is 6.07 Å². The molecule has 0 unspecified atom stereocenters. The molecule has 2 heteroatoms. The molecule has 0 amide bonds. The fraction of sp³-hybridized carbons (Fsp3) is 0.600. The van der Waals surface area contributed by atoms with Gasteiger partial charge in [0.15, 0.2) is 0 Å². The molecule has 94 valence electrons. The highest BCUT2D eigenvalue weighted by atomic mass is 16.5. The van der Waals surface area contributed by atoms with E-state index in [0.29, 0.717) is 11.8 Å². The van der Waals surface area contributed by atoms with Crippen molar-refractivity contribution < 1.29 is 9.84 Å². The van der Waals surface area contributed by atoms with Crippen LogP contribution in [0, 0.1) is 5.92 Å². The SMILES string of the molecule is COC[C@H](c1ccccc1)[C@@H]1CCC[C@H](O)C1. The molecule has 17 heavy (non-hydrogen) atoms. The third kappa shape index (κ3) is 3.30. The minimum Gasteiger partial charge on any atom is -0.393 e. The highest BCUT2D eigenvalue weighted by molar-refractivity contribution is 5.20. The molecule has 2 nitrogen and oxygen atoms in total. The smallest absolute Gasteiger partial charge is 0.0543 e. The van der Waals surface area contributed by atoms with Gasteiger partial charge in [-0.05, 0) is 30.7 Å². The summed E-state index contributed by atoms with van der Waals surface area (Å²) in [5.74, 6) is 0.984. The molecule has 0 aliphatic heterocycles. The Balaban J connectivity index is 2.11. The molecule has 1 fully saturated rings. The molecular formula is C15H22O2. The van der Waals surface area contributed by atoms with Gasteiger partial charge in [0.05, 0.1) is 12.7 Å². The lowest BCUT2D eigenvalue weighted by atomic mass is 9.76. The number of rotatable bonds is 4. The van der Waals surface area contributed by atoms with Crippen LogP contribution in [0.25, 0.3) is 0 Å². The van der Waals surface area contributed by atoms with Crippen LogP contribution >= 0.6 is 0 Å². The predicted molar refractivity (Wildman–Crippen MR) is 69.0 cm³/mol. The molecule has 2 rings (SSSR count). The van der Waals surface area contributed by atoms with E-state index in [1.54, 1.807) is 7.11 Å². The molecule has 0 spiro atoms. The van der Waals surface area contributed by atoms with Gasteiger partial charge in [0.25, 0.3) is 0 Å². The van der Waals surface area contributed by atoms with Crippen LogP contribution in [0.4, 0.5) is 0 Å². The Hall–Kier alpha value is -0.860. The van der Waals surface area contributed by atoms with Gasteiger partial charge in [-0.2, -0.15) is 0 Å². The number of methoxy groups -OCH3 is 1. The molecule has 1 aliphatic carbocycles. The van der Waals surface area contributed by atoms with E-state index in [1.165, 1.54) is 12.0 Å². The third-order valence-corrected chi connectivity index (χ3v) is 3.83. The van der Waals surface area contributed by atoms with Crippen molar-refractivity contribution in [1.29, 1.82) is 0 Å². The first-order valence-electron chi connectivity index (χ1n) is 6.53. The maximum Gasteiger partial charge on any atom is 0.0543 e. The fourth-order valence-corrected chi connectivity index (χ4v) is 2.95. The number of benzene rings is 1. The summed E-state index contributed by atoms with van der Waals surface area (Å²) in [6, 6.07) is 10.5. The summed E-state index contributed by atoms with van der Waals surface area (Å²) in [5, 5.41) is 9.80. The van der Waals surface area contributed by atoms with Crippen LogP contribution in [-0.4, -0.2) is 24.9 Å². The molecule has 0 bridgehead atoms. The average Bonchev–Trinajstić information content (AvgIpc) is 2.37. The van der Waals surface area contributed by atoms with Crippen molar-refractivity contribution >= 4 is 0 Å². The van der Waals surface area contributed by atoms with Crippen LogP contribution in [0.1, 0.15) is 37.2 Å². The third-order valence-electron chi connectivity index (χ3n) is 3.83. The van der Waals surface area contributed by atoms with E-state index in [4.69, 9.17) is 4.74 Å². The zero-order valence-electron chi connectivity index (χ0n) is 10.5. The van der Waals surface area contributed by atoms with E-state index >= 15 is 0 Å². The predicted octanol–water partition coefficient (Wildman–Crippen LogP) is 2.97.